The summed E-state index contributed by atoms with van der Waals surface area (Å²) in [6.45, 7) is 2.25. The zero-order valence-electron chi connectivity index (χ0n) is 6.95. The minimum Gasteiger partial charge on any atom is -0.396 e. The number of nitrogens with zero attached hydrogens (tertiary/aromatic N) is 1. The summed E-state index contributed by atoms with van der Waals surface area (Å²) in [6.07, 6.45) is 3.32. The number of nitriles is 1. The van der Waals surface area contributed by atoms with Gasteiger partial charge in [-0.05, 0) is 24.7 Å². The van der Waals surface area contributed by atoms with Crippen molar-refractivity contribution >= 4 is 0 Å². The SMILES string of the molecule is C[C@@H](CO)[C@H]1CCCC1C#N. The molecule has 1 saturated carbocycles. The van der Waals surface area contributed by atoms with Crippen LogP contribution in [-0.2, 0) is 0 Å². The molecule has 1 unspecified atom stereocenters. The standard InChI is InChI=1S/C9H15NO/c1-7(6-11)9-4-2-3-8(9)5-10/h7-9,11H,2-4,6H2,1H3/t7-,8?,9+/m0/s1. The van der Waals surface area contributed by atoms with Crippen molar-refractivity contribution in [2.75, 3.05) is 6.61 Å². The monoisotopic (exact) mass is 153 g/mol. The molecule has 1 aliphatic rings. The van der Waals surface area contributed by atoms with Crippen LogP contribution in [0.25, 0.3) is 0 Å². The molecule has 0 radical (unpaired) electrons. The van der Waals surface area contributed by atoms with Gasteiger partial charge in [0.1, 0.15) is 0 Å². The van der Waals surface area contributed by atoms with E-state index in [-0.39, 0.29) is 12.5 Å². The summed E-state index contributed by atoms with van der Waals surface area (Å²) >= 11 is 0. The van der Waals surface area contributed by atoms with Crippen LogP contribution in [0.5, 0.6) is 0 Å². The second-order valence-corrected chi connectivity index (χ2v) is 3.49. The van der Waals surface area contributed by atoms with Gasteiger partial charge in [0.2, 0.25) is 0 Å². The Labute approximate surface area is 67.8 Å². The quantitative estimate of drug-likeness (QED) is 0.654. The van der Waals surface area contributed by atoms with Crippen LogP contribution in [0.15, 0.2) is 0 Å². The van der Waals surface area contributed by atoms with E-state index in [2.05, 4.69) is 6.07 Å². The summed E-state index contributed by atoms with van der Waals surface area (Å²) in [4.78, 5) is 0. The van der Waals surface area contributed by atoms with Gasteiger partial charge in [-0.3, -0.25) is 0 Å². The molecule has 11 heavy (non-hydrogen) atoms. The average Bonchev–Trinajstić information content (AvgIpc) is 2.50. The molecule has 0 heterocycles. The molecule has 0 aliphatic heterocycles. The van der Waals surface area contributed by atoms with Crippen molar-refractivity contribution in [3.63, 3.8) is 0 Å². The number of hydrogen-bond donors (Lipinski definition) is 1. The van der Waals surface area contributed by atoms with Gasteiger partial charge in [-0.1, -0.05) is 13.3 Å². The lowest BCUT2D eigenvalue weighted by atomic mass is 9.86. The van der Waals surface area contributed by atoms with Gasteiger partial charge in [-0.25, -0.2) is 0 Å². The molecule has 62 valence electrons. The van der Waals surface area contributed by atoms with Crippen LogP contribution in [0.3, 0.4) is 0 Å². The van der Waals surface area contributed by atoms with Crippen molar-refractivity contribution in [1.29, 1.82) is 5.26 Å². The first-order valence-electron chi connectivity index (χ1n) is 4.30. The fourth-order valence-corrected chi connectivity index (χ4v) is 1.97. The summed E-state index contributed by atoms with van der Waals surface area (Å²) in [5.41, 5.74) is 0. The zero-order chi connectivity index (χ0) is 8.27. The van der Waals surface area contributed by atoms with Crippen LogP contribution in [0.1, 0.15) is 26.2 Å². The van der Waals surface area contributed by atoms with Crippen LogP contribution in [0, 0.1) is 29.1 Å². The largest absolute Gasteiger partial charge is 0.396 e. The van der Waals surface area contributed by atoms with E-state index < -0.39 is 0 Å². The molecule has 1 aliphatic carbocycles. The maximum atomic E-state index is 8.90. The third kappa shape index (κ3) is 1.72. The van der Waals surface area contributed by atoms with Crippen LogP contribution >= 0.6 is 0 Å². The third-order valence-electron chi connectivity index (χ3n) is 2.75. The minimum atomic E-state index is 0.206. The van der Waals surface area contributed by atoms with E-state index in [0.717, 1.165) is 19.3 Å². The normalized spacial score (nSPS) is 33.2. The van der Waals surface area contributed by atoms with Crippen molar-refractivity contribution in [2.24, 2.45) is 17.8 Å². The molecular formula is C9H15NO. The Morgan fingerprint density at radius 3 is 2.91 bits per heavy atom. The lowest BCUT2D eigenvalue weighted by Gasteiger charge is -2.18. The van der Waals surface area contributed by atoms with Gasteiger partial charge in [0.15, 0.2) is 0 Å². The fraction of sp³-hybridized carbons (Fsp3) is 0.889. The van der Waals surface area contributed by atoms with Gasteiger partial charge >= 0.3 is 0 Å². The Kier molecular flexibility index (Phi) is 2.90. The van der Waals surface area contributed by atoms with Crippen molar-refractivity contribution in [3.05, 3.63) is 0 Å². The predicted octanol–water partition coefficient (Wildman–Crippen LogP) is 1.55. The van der Waals surface area contributed by atoms with Crippen molar-refractivity contribution < 1.29 is 5.11 Å². The molecule has 1 rings (SSSR count). The molecule has 0 spiro atoms. The summed E-state index contributed by atoms with van der Waals surface area (Å²) < 4.78 is 0. The van der Waals surface area contributed by atoms with Gasteiger partial charge in [0.05, 0.1) is 6.07 Å². The Hall–Kier alpha value is -0.550. The molecule has 0 aromatic rings. The molecule has 2 heteroatoms. The van der Waals surface area contributed by atoms with E-state index in [9.17, 15) is 0 Å². The van der Waals surface area contributed by atoms with Gasteiger partial charge in [0.25, 0.3) is 0 Å². The average molecular weight is 153 g/mol. The second kappa shape index (κ2) is 3.73. The third-order valence-corrected chi connectivity index (χ3v) is 2.75. The highest BCUT2D eigenvalue weighted by Crippen LogP contribution is 2.36. The van der Waals surface area contributed by atoms with Gasteiger partial charge in [0, 0.05) is 12.5 Å². The molecule has 0 amide bonds. The molecule has 3 atom stereocenters. The van der Waals surface area contributed by atoms with E-state index in [1.54, 1.807) is 0 Å². The van der Waals surface area contributed by atoms with E-state index >= 15 is 0 Å². The predicted molar refractivity (Wildman–Crippen MR) is 42.7 cm³/mol. The van der Waals surface area contributed by atoms with Crippen molar-refractivity contribution in [1.82, 2.24) is 0 Å². The maximum Gasteiger partial charge on any atom is 0.0658 e. The van der Waals surface area contributed by atoms with Crippen LogP contribution < -0.4 is 0 Å². The van der Waals surface area contributed by atoms with E-state index in [1.165, 1.54) is 0 Å². The van der Waals surface area contributed by atoms with E-state index in [0.29, 0.717) is 11.8 Å². The Morgan fingerprint density at radius 2 is 2.36 bits per heavy atom. The maximum absolute atomic E-state index is 8.90. The number of hydrogen-bond acceptors (Lipinski definition) is 2. The van der Waals surface area contributed by atoms with Gasteiger partial charge < -0.3 is 5.11 Å². The lowest BCUT2D eigenvalue weighted by Crippen LogP contribution is -2.18. The first kappa shape index (κ1) is 8.55. The van der Waals surface area contributed by atoms with Crippen LogP contribution in [0.2, 0.25) is 0 Å². The summed E-state index contributed by atoms with van der Waals surface area (Å²) in [7, 11) is 0. The molecule has 0 bridgehead atoms. The molecule has 0 aromatic heterocycles. The second-order valence-electron chi connectivity index (χ2n) is 3.49. The number of rotatable bonds is 2. The molecule has 2 nitrogen and oxygen atoms in total. The van der Waals surface area contributed by atoms with E-state index in [1.807, 2.05) is 6.92 Å². The molecule has 1 fully saturated rings. The highest BCUT2D eigenvalue weighted by Gasteiger charge is 2.30. The highest BCUT2D eigenvalue weighted by molar-refractivity contribution is 4.93. The Morgan fingerprint density at radius 1 is 1.64 bits per heavy atom. The van der Waals surface area contributed by atoms with E-state index in [4.69, 9.17) is 10.4 Å². The highest BCUT2D eigenvalue weighted by atomic mass is 16.3. The smallest absolute Gasteiger partial charge is 0.0658 e. The topological polar surface area (TPSA) is 44.0 Å². The Balaban J connectivity index is 2.51. The first-order valence-corrected chi connectivity index (χ1v) is 4.30. The first-order chi connectivity index (χ1) is 5.29. The molecule has 0 aromatic carbocycles. The number of aliphatic hydroxyl groups excluding tert-OH is 1. The molecule has 0 saturated heterocycles. The summed E-state index contributed by atoms with van der Waals surface area (Å²) in [5, 5.41) is 17.6. The van der Waals surface area contributed by atoms with Crippen LogP contribution in [0.4, 0.5) is 0 Å². The Bertz CT molecular complexity index is 161. The lowest BCUT2D eigenvalue weighted by molar-refractivity contribution is 0.177. The van der Waals surface area contributed by atoms with Gasteiger partial charge in [-0.15, -0.1) is 0 Å². The summed E-state index contributed by atoms with van der Waals surface area (Å²) in [5.74, 6) is 0.962. The summed E-state index contributed by atoms with van der Waals surface area (Å²) in [6, 6.07) is 2.32. The van der Waals surface area contributed by atoms with Gasteiger partial charge in [-0.2, -0.15) is 5.26 Å². The fourth-order valence-electron chi connectivity index (χ4n) is 1.97. The number of aliphatic hydroxyl groups is 1. The molecule has 1 N–H and O–H groups in total. The van der Waals surface area contributed by atoms with Crippen molar-refractivity contribution in [2.45, 2.75) is 26.2 Å². The minimum absolute atomic E-state index is 0.206. The zero-order valence-corrected chi connectivity index (χ0v) is 6.95. The molecular weight excluding hydrogens is 138 g/mol. The van der Waals surface area contributed by atoms with Crippen molar-refractivity contribution in [3.8, 4) is 6.07 Å². The van der Waals surface area contributed by atoms with Crippen LogP contribution in [-0.4, -0.2) is 11.7 Å².